The van der Waals surface area contributed by atoms with Crippen LogP contribution >= 0.6 is 0 Å². The van der Waals surface area contributed by atoms with Gasteiger partial charge >= 0.3 is 18.2 Å². The minimum atomic E-state index is -5.03. The summed E-state index contributed by atoms with van der Waals surface area (Å²) in [5.41, 5.74) is 1.57. The van der Waals surface area contributed by atoms with Crippen LogP contribution < -0.4 is 15.1 Å². The molecule has 0 radical (unpaired) electrons. The van der Waals surface area contributed by atoms with Crippen molar-refractivity contribution in [1.29, 1.82) is 5.26 Å². The Balaban J connectivity index is 1.62. The number of alkyl halides is 3. The minimum absolute atomic E-state index is 0.123. The van der Waals surface area contributed by atoms with E-state index in [0.717, 1.165) is 16.5 Å². The smallest absolute Gasteiger partial charge is 0.442 e. The Morgan fingerprint density at radius 1 is 1.33 bits per heavy atom. The van der Waals surface area contributed by atoms with Gasteiger partial charge in [0.1, 0.15) is 11.9 Å². The topological polar surface area (TPSA) is 85.7 Å². The first kappa shape index (κ1) is 21.4. The van der Waals surface area contributed by atoms with Gasteiger partial charge in [-0.25, -0.2) is 9.18 Å². The number of rotatable bonds is 4. The Bertz CT molecular complexity index is 900. The van der Waals surface area contributed by atoms with E-state index in [-0.39, 0.29) is 12.2 Å². The number of nitrogens with one attached hydrogen (secondary N) is 1. The number of halogens is 4. The number of ether oxygens (including phenoxy) is 1. The van der Waals surface area contributed by atoms with Crippen molar-refractivity contribution in [2.45, 2.75) is 25.1 Å². The zero-order valence-electron chi connectivity index (χ0n) is 15.7. The molecule has 1 atom stereocenters. The van der Waals surface area contributed by atoms with Crippen LogP contribution in [0.15, 0.2) is 29.8 Å². The van der Waals surface area contributed by atoms with Gasteiger partial charge < -0.3 is 15.0 Å². The summed E-state index contributed by atoms with van der Waals surface area (Å²) in [6.45, 7) is 0.474. The Morgan fingerprint density at radius 2 is 2.03 bits per heavy atom. The lowest BCUT2D eigenvalue weighted by Gasteiger charge is -2.30. The Kier molecular flexibility index (Phi) is 6.14. The SMILES string of the molecule is N#CC=C1CCN(c2ccc(N3CC(CNC(=O)C(F)(F)F)OC3=O)cc2F)CC1. The third-order valence-electron chi connectivity index (χ3n) is 4.88. The van der Waals surface area contributed by atoms with Crippen molar-refractivity contribution >= 4 is 23.4 Å². The van der Waals surface area contributed by atoms with Gasteiger partial charge in [0, 0.05) is 19.2 Å². The van der Waals surface area contributed by atoms with Crippen molar-refractivity contribution in [3.05, 3.63) is 35.7 Å². The van der Waals surface area contributed by atoms with E-state index in [0.29, 0.717) is 31.6 Å². The quantitative estimate of drug-likeness (QED) is 0.591. The number of anilines is 2. The zero-order chi connectivity index (χ0) is 21.9. The first-order valence-electron chi connectivity index (χ1n) is 9.14. The first-order valence-corrected chi connectivity index (χ1v) is 9.14. The molecular weight excluding hydrogens is 408 g/mol. The van der Waals surface area contributed by atoms with E-state index in [1.54, 1.807) is 5.32 Å². The number of hydrogen-bond acceptors (Lipinski definition) is 5. The molecule has 7 nitrogen and oxygen atoms in total. The maximum absolute atomic E-state index is 14.7. The second-order valence-electron chi connectivity index (χ2n) is 6.88. The highest BCUT2D eigenvalue weighted by atomic mass is 19.4. The van der Waals surface area contributed by atoms with E-state index in [1.807, 2.05) is 11.0 Å². The highest BCUT2D eigenvalue weighted by Gasteiger charge is 2.40. The molecule has 30 heavy (non-hydrogen) atoms. The van der Waals surface area contributed by atoms with E-state index in [1.165, 1.54) is 18.2 Å². The van der Waals surface area contributed by atoms with E-state index in [2.05, 4.69) is 0 Å². The minimum Gasteiger partial charge on any atom is -0.442 e. The van der Waals surface area contributed by atoms with Gasteiger partial charge in [-0.15, -0.1) is 0 Å². The molecule has 0 aliphatic carbocycles. The van der Waals surface area contributed by atoms with Crippen molar-refractivity contribution in [2.75, 3.05) is 36.0 Å². The summed E-state index contributed by atoms with van der Waals surface area (Å²) in [5.74, 6) is -2.68. The van der Waals surface area contributed by atoms with Crippen LogP contribution in [0, 0.1) is 17.1 Å². The molecule has 2 aliphatic heterocycles. The van der Waals surface area contributed by atoms with Gasteiger partial charge in [0.05, 0.1) is 30.5 Å². The Hall–Kier alpha value is -3.29. The van der Waals surface area contributed by atoms with Crippen molar-refractivity contribution < 1.29 is 31.9 Å². The number of hydrogen-bond donors (Lipinski definition) is 1. The van der Waals surface area contributed by atoms with Gasteiger partial charge in [0.25, 0.3) is 0 Å². The maximum Gasteiger partial charge on any atom is 0.471 e. The second-order valence-corrected chi connectivity index (χ2v) is 6.88. The molecular formula is C19H18F4N4O3. The van der Waals surface area contributed by atoms with E-state index >= 15 is 0 Å². The summed E-state index contributed by atoms with van der Waals surface area (Å²) >= 11 is 0. The Morgan fingerprint density at radius 3 is 2.63 bits per heavy atom. The number of cyclic esters (lactones) is 1. The van der Waals surface area contributed by atoms with Crippen molar-refractivity contribution in [2.24, 2.45) is 0 Å². The molecule has 2 saturated heterocycles. The van der Waals surface area contributed by atoms with Crippen LogP contribution in [0.1, 0.15) is 12.8 Å². The lowest BCUT2D eigenvalue weighted by molar-refractivity contribution is -0.173. The van der Waals surface area contributed by atoms with Crippen molar-refractivity contribution in [1.82, 2.24) is 5.32 Å². The molecule has 0 bridgehead atoms. The maximum atomic E-state index is 14.7. The lowest BCUT2D eigenvalue weighted by atomic mass is 10.0. The van der Waals surface area contributed by atoms with Crippen LogP contribution in [-0.4, -0.2) is 50.5 Å². The molecule has 2 heterocycles. The van der Waals surface area contributed by atoms with Gasteiger partial charge in [-0.1, -0.05) is 5.57 Å². The lowest BCUT2D eigenvalue weighted by Crippen LogP contribution is -2.41. The highest BCUT2D eigenvalue weighted by Crippen LogP contribution is 2.30. The van der Waals surface area contributed by atoms with Crippen LogP contribution in [0.2, 0.25) is 0 Å². The van der Waals surface area contributed by atoms with Crippen molar-refractivity contribution in [3.63, 3.8) is 0 Å². The van der Waals surface area contributed by atoms with Crippen LogP contribution in [0.25, 0.3) is 0 Å². The molecule has 2 amide bonds. The van der Waals surface area contributed by atoms with Crippen LogP contribution in [0.5, 0.6) is 0 Å². The van der Waals surface area contributed by atoms with Crippen molar-refractivity contribution in [3.8, 4) is 6.07 Å². The predicted molar refractivity (Wildman–Crippen MR) is 98.2 cm³/mol. The second kappa shape index (κ2) is 8.61. The molecule has 0 saturated carbocycles. The fraction of sp³-hybridized carbons (Fsp3) is 0.421. The summed E-state index contributed by atoms with van der Waals surface area (Å²) in [7, 11) is 0. The van der Waals surface area contributed by atoms with E-state index in [9.17, 15) is 27.2 Å². The number of allylic oxidation sites excluding steroid dienone is 1. The molecule has 2 fully saturated rings. The largest absolute Gasteiger partial charge is 0.471 e. The van der Waals surface area contributed by atoms with Crippen LogP contribution in [0.4, 0.5) is 33.7 Å². The highest BCUT2D eigenvalue weighted by molar-refractivity contribution is 5.90. The third-order valence-corrected chi connectivity index (χ3v) is 4.88. The fourth-order valence-corrected chi connectivity index (χ4v) is 3.34. The van der Waals surface area contributed by atoms with Crippen LogP contribution in [-0.2, 0) is 9.53 Å². The van der Waals surface area contributed by atoms with Gasteiger partial charge in [0.2, 0.25) is 0 Å². The average Bonchev–Trinajstić information content (AvgIpc) is 3.07. The summed E-state index contributed by atoms with van der Waals surface area (Å²) < 4.78 is 56.4. The van der Waals surface area contributed by atoms with Gasteiger partial charge in [-0.2, -0.15) is 18.4 Å². The standard InChI is InChI=1S/C19H18F4N4O3/c20-15-9-13(1-2-16(15)26-7-4-12(3-6-24)5-8-26)27-11-14(30-18(27)29)10-25-17(28)19(21,22)23/h1-3,9,14H,4-5,7-8,10-11H2,(H,25,28). The molecule has 11 heteroatoms. The summed E-state index contributed by atoms with van der Waals surface area (Å²) in [4.78, 5) is 25.8. The number of carbonyl (C=O) groups is 2. The molecule has 1 unspecified atom stereocenters. The molecule has 1 aromatic carbocycles. The number of piperidine rings is 1. The van der Waals surface area contributed by atoms with Gasteiger partial charge in [0.15, 0.2) is 0 Å². The number of amides is 2. The summed E-state index contributed by atoms with van der Waals surface area (Å²) in [5, 5.41) is 10.4. The molecule has 160 valence electrons. The van der Waals surface area contributed by atoms with E-state index in [4.69, 9.17) is 10.00 Å². The Labute approximate surface area is 169 Å². The number of nitriles is 1. The number of nitrogens with zero attached hydrogens (tertiary/aromatic N) is 3. The number of carbonyl (C=O) groups excluding carboxylic acids is 2. The summed E-state index contributed by atoms with van der Waals surface area (Å²) in [6, 6.07) is 6.20. The van der Waals surface area contributed by atoms with Gasteiger partial charge in [-0.05, 0) is 31.0 Å². The normalized spacial score (nSPS) is 19.4. The zero-order valence-corrected chi connectivity index (χ0v) is 15.7. The molecule has 1 N–H and O–H groups in total. The van der Waals surface area contributed by atoms with Crippen LogP contribution in [0.3, 0.4) is 0 Å². The van der Waals surface area contributed by atoms with E-state index < -0.39 is 36.6 Å². The predicted octanol–water partition coefficient (Wildman–Crippen LogP) is 2.88. The molecule has 0 spiro atoms. The molecule has 3 rings (SSSR count). The fourth-order valence-electron chi connectivity index (χ4n) is 3.34. The summed E-state index contributed by atoms with van der Waals surface area (Å²) in [6.07, 6.45) is -4.04. The molecule has 0 aromatic heterocycles. The molecule has 2 aliphatic rings. The number of benzene rings is 1. The monoisotopic (exact) mass is 426 g/mol. The molecule has 1 aromatic rings. The average molecular weight is 426 g/mol. The third kappa shape index (κ3) is 4.82. The first-order chi connectivity index (χ1) is 14.2. The van der Waals surface area contributed by atoms with Gasteiger partial charge in [-0.3, -0.25) is 9.69 Å².